The number of aromatic hydroxyl groups is 1. The molecule has 0 spiro atoms. The van der Waals surface area contributed by atoms with Gasteiger partial charge in [0.05, 0.1) is 5.56 Å². The molecule has 5 heteroatoms. The van der Waals surface area contributed by atoms with Crippen molar-refractivity contribution >= 4 is 0 Å². The van der Waals surface area contributed by atoms with Crippen molar-refractivity contribution in [2.24, 2.45) is 0 Å². The topological polar surface area (TPSA) is 72.0 Å². The van der Waals surface area contributed by atoms with E-state index in [0.29, 0.717) is 17.1 Å². The van der Waals surface area contributed by atoms with E-state index in [0.717, 1.165) is 0 Å². The third-order valence-electron chi connectivity index (χ3n) is 2.45. The van der Waals surface area contributed by atoms with E-state index < -0.39 is 0 Å². The van der Waals surface area contributed by atoms with Crippen LogP contribution in [0.1, 0.15) is 0 Å². The molecular formula is C13H9N3O2. The first-order valence-electron chi connectivity index (χ1n) is 5.38. The van der Waals surface area contributed by atoms with Crippen molar-refractivity contribution in [2.45, 2.75) is 0 Å². The van der Waals surface area contributed by atoms with Gasteiger partial charge in [-0.05, 0) is 24.3 Å². The number of para-hydroxylation sites is 1. The lowest BCUT2D eigenvalue weighted by Crippen LogP contribution is -1.84. The average Bonchev–Trinajstić information content (AvgIpc) is 2.90. The summed E-state index contributed by atoms with van der Waals surface area (Å²) in [4.78, 5) is 8.34. The van der Waals surface area contributed by atoms with Crippen LogP contribution < -0.4 is 0 Å². The van der Waals surface area contributed by atoms with Crippen molar-refractivity contribution < 1.29 is 9.63 Å². The Labute approximate surface area is 103 Å². The zero-order valence-electron chi connectivity index (χ0n) is 9.32. The largest absolute Gasteiger partial charge is 0.507 e. The van der Waals surface area contributed by atoms with Crippen LogP contribution in [0.25, 0.3) is 23.0 Å². The van der Waals surface area contributed by atoms with E-state index in [1.54, 1.807) is 36.5 Å². The number of nitrogens with zero attached hydrogens (tertiary/aromatic N) is 3. The van der Waals surface area contributed by atoms with Crippen molar-refractivity contribution in [3.8, 4) is 28.7 Å². The Morgan fingerprint density at radius 2 is 1.83 bits per heavy atom. The highest BCUT2D eigenvalue weighted by atomic mass is 16.5. The molecule has 0 aliphatic heterocycles. The third-order valence-corrected chi connectivity index (χ3v) is 2.45. The summed E-state index contributed by atoms with van der Waals surface area (Å²) in [6, 6.07) is 12.3. The lowest BCUT2D eigenvalue weighted by Gasteiger charge is -1.96. The van der Waals surface area contributed by atoms with Gasteiger partial charge in [0.25, 0.3) is 5.89 Å². The molecule has 1 aromatic carbocycles. The fraction of sp³-hybridized carbons (Fsp3) is 0. The normalized spacial score (nSPS) is 10.4. The Kier molecular flexibility index (Phi) is 2.49. The molecular weight excluding hydrogens is 230 g/mol. The minimum absolute atomic E-state index is 0.105. The van der Waals surface area contributed by atoms with Crippen LogP contribution >= 0.6 is 0 Å². The molecule has 2 aromatic heterocycles. The Morgan fingerprint density at radius 1 is 1.00 bits per heavy atom. The van der Waals surface area contributed by atoms with Gasteiger partial charge in [-0.1, -0.05) is 23.4 Å². The molecule has 0 aliphatic rings. The van der Waals surface area contributed by atoms with E-state index >= 15 is 0 Å². The molecule has 2 heterocycles. The van der Waals surface area contributed by atoms with Crippen LogP contribution in [0.3, 0.4) is 0 Å². The maximum atomic E-state index is 9.70. The number of pyridine rings is 1. The van der Waals surface area contributed by atoms with E-state index in [9.17, 15) is 5.11 Å². The predicted molar refractivity (Wildman–Crippen MR) is 64.6 cm³/mol. The molecule has 0 saturated carbocycles. The van der Waals surface area contributed by atoms with Gasteiger partial charge in [-0.2, -0.15) is 4.98 Å². The van der Waals surface area contributed by atoms with Gasteiger partial charge in [0, 0.05) is 6.20 Å². The lowest BCUT2D eigenvalue weighted by molar-refractivity contribution is 0.425. The molecule has 0 radical (unpaired) electrons. The van der Waals surface area contributed by atoms with Gasteiger partial charge >= 0.3 is 0 Å². The summed E-state index contributed by atoms with van der Waals surface area (Å²) in [7, 11) is 0. The van der Waals surface area contributed by atoms with Crippen molar-refractivity contribution in [3.05, 3.63) is 48.7 Å². The minimum Gasteiger partial charge on any atom is -0.507 e. The molecule has 3 rings (SSSR count). The fourth-order valence-electron chi connectivity index (χ4n) is 1.59. The number of rotatable bonds is 2. The molecule has 88 valence electrons. The fourth-order valence-corrected chi connectivity index (χ4v) is 1.59. The van der Waals surface area contributed by atoms with Gasteiger partial charge in [-0.15, -0.1) is 0 Å². The van der Waals surface area contributed by atoms with Crippen LogP contribution in [0, 0.1) is 0 Å². The van der Waals surface area contributed by atoms with Gasteiger partial charge in [-0.3, -0.25) is 4.98 Å². The maximum absolute atomic E-state index is 9.70. The summed E-state index contributed by atoms with van der Waals surface area (Å²) in [5.74, 6) is 0.774. The standard InChI is InChI=1S/C13H9N3O2/c17-11-7-2-1-5-9(11)13-15-12(16-18-13)10-6-3-4-8-14-10/h1-8,17H. The molecule has 0 atom stereocenters. The van der Waals surface area contributed by atoms with E-state index in [1.165, 1.54) is 0 Å². The number of aromatic nitrogens is 3. The second-order valence-corrected chi connectivity index (χ2v) is 3.66. The summed E-state index contributed by atoms with van der Waals surface area (Å²) in [5, 5.41) is 13.5. The van der Waals surface area contributed by atoms with Crippen molar-refractivity contribution in [2.75, 3.05) is 0 Å². The quantitative estimate of drug-likeness (QED) is 0.743. The Bertz CT molecular complexity index is 665. The van der Waals surface area contributed by atoms with Gasteiger partial charge in [0.2, 0.25) is 5.82 Å². The van der Waals surface area contributed by atoms with E-state index in [4.69, 9.17) is 4.52 Å². The molecule has 0 fully saturated rings. The molecule has 1 N–H and O–H groups in total. The molecule has 0 bridgehead atoms. The molecule has 0 saturated heterocycles. The van der Waals surface area contributed by atoms with Crippen molar-refractivity contribution in [1.82, 2.24) is 15.1 Å². The monoisotopic (exact) mass is 239 g/mol. The van der Waals surface area contributed by atoms with E-state index in [-0.39, 0.29) is 11.6 Å². The average molecular weight is 239 g/mol. The minimum atomic E-state index is 0.105. The number of benzene rings is 1. The van der Waals surface area contributed by atoms with Gasteiger partial charge in [0.15, 0.2) is 0 Å². The molecule has 0 aliphatic carbocycles. The first-order valence-corrected chi connectivity index (χ1v) is 5.38. The predicted octanol–water partition coefficient (Wildman–Crippen LogP) is 2.50. The summed E-state index contributed by atoms with van der Waals surface area (Å²) >= 11 is 0. The summed E-state index contributed by atoms with van der Waals surface area (Å²) in [6.07, 6.45) is 1.66. The Balaban J connectivity index is 2.03. The SMILES string of the molecule is Oc1ccccc1-c1nc(-c2ccccn2)no1. The summed E-state index contributed by atoms with van der Waals surface area (Å²) in [5.41, 5.74) is 1.13. The van der Waals surface area contributed by atoms with Crippen molar-refractivity contribution in [3.63, 3.8) is 0 Å². The first-order chi connectivity index (χ1) is 8.84. The molecule has 3 aromatic rings. The highest BCUT2D eigenvalue weighted by Crippen LogP contribution is 2.28. The molecule has 18 heavy (non-hydrogen) atoms. The second kappa shape index (κ2) is 4.29. The molecule has 0 amide bonds. The third kappa shape index (κ3) is 1.82. The smallest absolute Gasteiger partial charge is 0.262 e. The number of hydrogen-bond acceptors (Lipinski definition) is 5. The van der Waals surface area contributed by atoms with Crippen LogP contribution in [0.5, 0.6) is 5.75 Å². The van der Waals surface area contributed by atoms with Gasteiger partial charge in [-0.25, -0.2) is 0 Å². The number of hydrogen-bond donors (Lipinski definition) is 1. The zero-order valence-corrected chi connectivity index (χ0v) is 9.32. The molecule has 0 unspecified atom stereocenters. The summed E-state index contributed by atoms with van der Waals surface area (Å²) in [6.45, 7) is 0. The lowest BCUT2D eigenvalue weighted by atomic mass is 10.2. The zero-order chi connectivity index (χ0) is 12.4. The van der Waals surface area contributed by atoms with E-state index in [1.807, 2.05) is 12.1 Å². The maximum Gasteiger partial charge on any atom is 0.262 e. The van der Waals surface area contributed by atoms with Crippen LogP contribution in [-0.4, -0.2) is 20.2 Å². The highest BCUT2D eigenvalue weighted by Gasteiger charge is 2.13. The van der Waals surface area contributed by atoms with Crippen LogP contribution in [0.2, 0.25) is 0 Å². The van der Waals surface area contributed by atoms with Crippen LogP contribution in [-0.2, 0) is 0 Å². The molecule has 5 nitrogen and oxygen atoms in total. The number of phenols is 1. The second-order valence-electron chi connectivity index (χ2n) is 3.66. The number of phenolic OH excluding ortho intramolecular Hbond substituents is 1. The van der Waals surface area contributed by atoms with Gasteiger partial charge < -0.3 is 9.63 Å². The summed E-state index contributed by atoms with van der Waals surface area (Å²) < 4.78 is 5.12. The Morgan fingerprint density at radius 3 is 2.61 bits per heavy atom. The highest BCUT2D eigenvalue weighted by molar-refractivity contribution is 5.63. The van der Waals surface area contributed by atoms with Crippen molar-refractivity contribution in [1.29, 1.82) is 0 Å². The first kappa shape index (κ1) is 10.5. The van der Waals surface area contributed by atoms with Crippen LogP contribution in [0.15, 0.2) is 53.2 Å². The Hall–Kier alpha value is -2.69. The van der Waals surface area contributed by atoms with Crippen LogP contribution in [0.4, 0.5) is 0 Å². The van der Waals surface area contributed by atoms with Gasteiger partial charge in [0.1, 0.15) is 11.4 Å². The van der Waals surface area contributed by atoms with E-state index in [2.05, 4.69) is 15.1 Å².